The van der Waals surface area contributed by atoms with Crippen LogP contribution in [0, 0.1) is 10.1 Å². The summed E-state index contributed by atoms with van der Waals surface area (Å²) in [6.45, 7) is -0.692. The van der Waals surface area contributed by atoms with Crippen LogP contribution in [0.15, 0.2) is 18.2 Å². The van der Waals surface area contributed by atoms with E-state index in [1.165, 1.54) is 12.1 Å². The van der Waals surface area contributed by atoms with E-state index >= 15 is 0 Å². The number of non-ortho nitro benzene ring substituents is 1. The molecule has 1 amide bonds. The lowest BCUT2D eigenvalue weighted by atomic mass is 10.2. The Labute approximate surface area is 84.7 Å². The van der Waals surface area contributed by atoms with E-state index in [0.717, 1.165) is 6.07 Å². The molecule has 0 saturated carbocycles. The molecule has 0 heterocycles. The van der Waals surface area contributed by atoms with Crippen molar-refractivity contribution in [2.45, 2.75) is 0 Å². The maximum atomic E-state index is 10.8. The second-order valence-corrected chi connectivity index (χ2v) is 2.78. The van der Waals surface area contributed by atoms with Crippen molar-refractivity contribution in [3.8, 4) is 0 Å². The van der Waals surface area contributed by atoms with Gasteiger partial charge in [-0.15, -0.1) is 0 Å². The number of nitrogens with one attached hydrogen (secondary N) is 1. The summed E-state index contributed by atoms with van der Waals surface area (Å²) in [7, 11) is 0. The summed E-state index contributed by atoms with van der Waals surface area (Å²) in [5, 5.41) is 21.2. The third-order valence-electron chi connectivity index (χ3n) is 1.58. The minimum Gasteiger partial charge on any atom is -0.398 e. The number of nitrogens with zero attached hydrogens (tertiary/aromatic N) is 1. The third-order valence-corrected chi connectivity index (χ3v) is 1.58. The zero-order valence-corrected chi connectivity index (χ0v) is 7.64. The van der Waals surface area contributed by atoms with Crippen LogP contribution in [0.2, 0.25) is 0 Å². The van der Waals surface area contributed by atoms with Crippen LogP contribution in [0.4, 0.5) is 17.1 Å². The number of hydrogen-bond donors (Lipinski definition) is 3. The van der Waals surface area contributed by atoms with E-state index in [2.05, 4.69) is 5.32 Å². The maximum absolute atomic E-state index is 10.8. The van der Waals surface area contributed by atoms with Crippen molar-refractivity contribution < 1.29 is 14.8 Å². The minimum atomic E-state index is -0.692. The molecule has 0 aliphatic rings. The van der Waals surface area contributed by atoms with Gasteiger partial charge in [-0.1, -0.05) is 0 Å². The van der Waals surface area contributed by atoms with E-state index in [0.29, 0.717) is 0 Å². The number of nitrogens with two attached hydrogens (primary N) is 1. The largest absolute Gasteiger partial charge is 0.398 e. The quantitative estimate of drug-likeness (QED) is 0.372. The van der Waals surface area contributed by atoms with Crippen molar-refractivity contribution in [2.75, 3.05) is 17.7 Å². The number of nitrogen functional groups attached to an aromatic ring is 1. The SMILES string of the molecule is Nc1cc(NC(=O)CO)cc([N+](=O)[O-])c1. The van der Waals surface area contributed by atoms with Crippen LogP contribution in [0.3, 0.4) is 0 Å². The molecule has 7 heteroatoms. The number of nitro benzene ring substituents is 1. The Bertz CT molecular complexity index is 405. The predicted octanol–water partition coefficient (Wildman–Crippen LogP) is 0.108. The Hall–Kier alpha value is -2.15. The molecular weight excluding hydrogens is 202 g/mol. The second-order valence-electron chi connectivity index (χ2n) is 2.78. The number of nitro groups is 1. The van der Waals surface area contributed by atoms with Gasteiger partial charge in [-0.25, -0.2) is 0 Å². The van der Waals surface area contributed by atoms with Gasteiger partial charge in [0.1, 0.15) is 6.61 Å². The fourth-order valence-electron chi connectivity index (χ4n) is 1.01. The first-order chi connectivity index (χ1) is 7.02. The van der Waals surface area contributed by atoms with Crippen molar-refractivity contribution >= 4 is 23.0 Å². The number of benzene rings is 1. The van der Waals surface area contributed by atoms with Crippen molar-refractivity contribution in [3.05, 3.63) is 28.3 Å². The van der Waals surface area contributed by atoms with E-state index in [4.69, 9.17) is 10.8 Å². The summed E-state index contributed by atoms with van der Waals surface area (Å²) < 4.78 is 0. The Morgan fingerprint density at radius 1 is 1.53 bits per heavy atom. The number of aliphatic hydroxyl groups excluding tert-OH is 1. The van der Waals surface area contributed by atoms with Crippen molar-refractivity contribution in [2.24, 2.45) is 0 Å². The average molecular weight is 211 g/mol. The molecule has 7 nitrogen and oxygen atoms in total. The Kier molecular flexibility index (Phi) is 3.19. The van der Waals surface area contributed by atoms with Gasteiger partial charge in [0, 0.05) is 23.5 Å². The van der Waals surface area contributed by atoms with Crippen LogP contribution in [0.5, 0.6) is 0 Å². The summed E-state index contributed by atoms with van der Waals surface area (Å²) in [6.07, 6.45) is 0. The molecule has 0 fully saturated rings. The van der Waals surface area contributed by atoms with E-state index in [1.807, 2.05) is 0 Å². The van der Waals surface area contributed by atoms with Gasteiger partial charge in [0.2, 0.25) is 5.91 Å². The highest BCUT2D eigenvalue weighted by atomic mass is 16.6. The van der Waals surface area contributed by atoms with Gasteiger partial charge in [0.25, 0.3) is 5.69 Å². The Morgan fingerprint density at radius 3 is 2.73 bits per heavy atom. The lowest BCUT2D eigenvalue weighted by Gasteiger charge is -2.03. The number of rotatable bonds is 3. The van der Waals surface area contributed by atoms with E-state index in [9.17, 15) is 14.9 Å². The molecule has 1 rings (SSSR count). The highest BCUT2D eigenvalue weighted by molar-refractivity contribution is 5.92. The molecule has 0 bridgehead atoms. The molecule has 4 N–H and O–H groups in total. The first-order valence-electron chi connectivity index (χ1n) is 3.98. The van der Waals surface area contributed by atoms with E-state index in [1.54, 1.807) is 0 Å². The van der Waals surface area contributed by atoms with Gasteiger partial charge in [-0.05, 0) is 6.07 Å². The van der Waals surface area contributed by atoms with Crippen molar-refractivity contribution in [3.63, 3.8) is 0 Å². The lowest BCUT2D eigenvalue weighted by Crippen LogP contribution is -2.15. The van der Waals surface area contributed by atoms with Gasteiger partial charge in [-0.3, -0.25) is 14.9 Å². The zero-order valence-electron chi connectivity index (χ0n) is 7.64. The van der Waals surface area contributed by atoms with Crippen LogP contribution in [-0.4, -0.2) is 22.5 Å². The number of carbonyl (C=O) groups is 1. The third kappa shape index (κ3) is 2.92. The number of anilines is 2. The smallest absolute Gasteiger partial charge is 0.273 e. The van der Waals surface area contributed by atoms with Crippen LogP contribution in [-0.2, 0) is 4.79 Å². The Balaban J connectivity index is 2.98. The van der Waals surface area contributed by atoms with Crippen LogP contribution in [0.25, 0.3) is 0 Å². The van der Waals surface area contributed by atoms with Crippen LogP contribution in [0.1, 0.15) is 0 Å². The molecule has 0 atom stereocenters. The fraction of sp³-hybridized carbons (Fsp3) is 0.125. The van der Waals surface area contributed by atoms with Gasteiger partial charge in [-0.2, -0.15) is 0 Å². The van der Waals surface area contributed by atoms with Gasteiger partial charge in [0.15, 0.2) is 0 Å². The van der Waals surface area contributed by atoms with Gasteiger partial charge < -0.3 is 16.2 Å². The molecule has 0 saturated heterocycles. The summed E-state index contributed by atoms with van der Waals surface area (Å²) in [5.41, 5.74) is 5.52. The Morgan fingerprint density at radius 2 is 2.20 bits per heavy atom. The summed E-state index contributed by atoms with van der Waals surface area (Å²) >= 11 is 0. The number of amides is 1. The predicted molar refractivity (Wildman–Crippen MR) is 53.2 cm³/mol. The monoisotopic (exact) mass is 211 g/mol. The molecule has 0 radical (unpaired) electrons. The molecule has 1 aromatic rings. The normalized spacial score (nSPS) is 9.67. The highest BCUT2D eigenvalue weighted by Gasteiger charge is 2.09. The fourth-order valence-corrected chi connectivity index (χ4v) is 1.01. The molecular formula is C8H9N3O4. The summed E-state index contributed by atoms with van der Waals surface area (Å²) in [6, 6.07) is 3.69. The number of hydrogen-bond acceptors (Lipinski definition) is 5. The van der Waals surface area contributed by atoms with Crippen LogP contribution < -0.4 is 11.1 Å². The minimum absolute atomic E-state index is 0.164. The topological polar surface area (TPSA) is 118 Å². The molecule has 80 valence electrons. The van der Waals surface area contributed by atoms with Crippen molar-refractivity contribution in [1.82, 2.24) is 0 Å². The van der Waals surface area contributed by atoms with E-state index < -0.39 is 17.4 Å². The highest BCUT2D eigenvalue weighted by Crippen LogP contribution is 2.22. The first-order valence-corrected chi connectivity index (χ1v) is 3.98. The molecule has 0 aromatic heterocycles. The van der Waals surface area contributed by atoms with Gasteiger partial charge >= 0.3 is 0 Å². The number of carbonyl (C=O) groups excluding carboxylic acids is 1. The standard InChI is InChI=1S/C8H9N3O4/c9-5-1-6(10-8(13)4-12)3-7(2-5)11(14)15/h1-3,12H,4,9H2,(H,10,13). The molecule has 1 aromatic carbocycles. The van der Waals surface area contributed by atoms with Crippen molar-refractivity contribution in [1.29, 1.82) is 0 Å². The zero-order chi connectivity index (χ0) is 11.4. The molecule has 0 aliphatic heterocycles. The molecule has 0 aliphatic carbocycles. The number of aliphatic hydroxyl groups is 1. The maximum Gasteiger partial charge on any atom is 0.273 e. The molecule has 0 spiro atoms. The van der Waals surface area contributed by atoms with E-state index in [-0.39, 0.29) is 17.1 Å². The average Bonchev–Trinajstić information content (AvgIpc) is 2.16. The summed E-state index contributed by atoms with van der Waals surface area (Å²) in [5.74, 6) is -0.658. The first kappa shape index (κ1) is 10.9. The lowest BCUT2D eigenvalue weighted by molar-refractivity contribution is -0.384. The second kappa shape index (κ2) is 4.38. The van der Waals surface area contributed by atoms with Gasteiger partial charge in [0.05, 0.1) is 4.92 Å². The summed E-state index contributed by atoms with van der Waals surface area (Å²) in [4.78, 5) is 20.6. The molecule has 0 unspecified atom stereocenters. The van der Waals surface area contributed by atoms with Crippen LogP contribution >= 0.6 is 0 Å². The molecule has 15 heavy (non-hydrogen) atoms.